The maximum absolute atomic E-state index is 10.8. The smallest absolute Gasteiger partial charge is 0.872 e. The van der Waals surface area contributed by atoms with Crippen LogP contribution in [0.25, 0.3) is 0 Å². The number of benzene rings is 1. The van der Waals surface area contributed by atoms with Crippen molar-refractivity contribution >= 4 is 27.4 Å². The fourth-order valence-electron chi connectivity index (χ4n) is 0.781. The van der Waals surface area contributed by atoms with E-state index in [4.69, 9.17) is 21.9 Å². The van der Waals surface area contributed by atoms with Crippen molar-refractivity contribution in [1.82, 2.24) is 0 Å². The number of rotatable bonds is 1. The predicted octanol–water partition coefficient (Wildman–Crippen LogP) is -2.75. The van der Waals surface area contributed by atoms with E-state index in [2.05, 4.69) is 0 Å². The third-order valence-electron chi connectivity index (χ3n) is 1.32. The first-order valence-electron chi connectivity index (χ1n) is 3.06. The molecule has 1 aromatic carbocycles. The number of anilines is 1. The van der Waals surface area contributed by atoms with Crippen molar-refractivity contribution in [3.8, 4) is 5.75 Å². The molecule has 0 fully saturated rings. The molecule has 8 heteroatoms. The molecule has 0 unspecified atom stereocenters. The van der Waals surface area contributed by atoms with Gasteiger partial charge in [-0.1, -0.05) is 11.6 Å². The van der Waals surface area contributed by atoms with Crippen LogP contribution in [0, 0.1) is 0 Å². The minimum atomic E-state index is -4.49. The van der Waals surface area contributed by atoms with E-state index in [0.29, 0.717) is 6.07 Å². The van der Waals surface area contributed by atoms with E-state index in [0.717, 1.165) is 6.07 Å². The van der Waals surface area contributed by atoms with E-state index in [1.54, 1.807) is 0 Å². The second kappa shape index (κ2) is 5.13. The van der Waals surface area contributed by atoms with Gasteiger partial charge in [-0.3, -0.25) is 4.55 Å². The van der Waals surface area contributed by atoms with E-state index < -0.39 is 20.8 Å². The third-order valence-corrected chi connectivity index (χ3v) is 2.73. The third kappa shape index (κ3) is 3.35. The second-order valence-electron chi connectivity index (χ2n) is 2.30. The van der Waals surface area contributed by atoms with Gasteiger partial charge in [0.05, 0.1) is 10.7 Å². The molecule has 0 bridgehead atoms. The summed E-state index contributed by atoms with van der Waals surface area (Å²) in [5, 5.41) is 10.5. The fraction of sp³-hybridized carbons (Fsp3) is 0. The maximum Gasteiger partial charge on any atom is 1.00 e. The number of halogens is 1. The zero-order valence-electron chi connectivity index (χ0n) is 7.19. The van der Waals surface area contributed by atoms with Crippen LogP contribution in [0.4, 0.5) is 5.69 Å². The molecule has 3 N–H and O–H groups in total. The first-order valence-corrected chi connectivity index (χ1v) is 4.87. The summed E-state index contributed by atoms with van der Waals surface area (Å²) in [5.74, 6) is -0.630. The van der Waals surface area contributed by atoms with E-state index in [1.807, 2.05) is 0 Å². The van der Waals surface area contributed by atoms with Crippen molar-refractivity contribution < 1.29 is 69.5 Å². The summed E-state index contributed by atoms with van der Waals surface area (Å²) in [7, 11) is -4.49. The molecule has 0 aliphatic rings. The predicted molar refractivity (Wildman–Crippen MR) is 45.1 cm³/mol. The topological polar surface area (TPSA) is 103 Å². The second-order valence-corrected chi connectivity index (χ2v) is 4.07. The largest absolute Gasteiger partial charge is 1.00 e. The van der Waals surface area contributed by atoms with Gasteiger partial charge < -0.3 is 10.8 Å². The molecule has 0 heterocycles. The summed E-state index contributed by atoms with van der Waals surface area (Å²) in [6.07, 6.45) is 0. The zero-order valence-corrected chi connectivity index (χ0v) is 11.9. The summed E-state index contributed by atoms with van der Waals surface area (Å²) in [6.45, 7) is 0. The standard InChI is InChI=1S/C6H6ClNO4S.K/c7-6-4(8)1-3(9)2-5(6)13(10,11)12;/h1-2,9H,8H2,(H,10,11,12);/q;+1/p-1. The molecule has 0 radical (unpaired) electrons. The van der Waals surface area contributed by atoms with Crippen molar-refractivity contribution in [1.29, 1.82) is 0 Å². The Labute approximate surface area is 128 Å². The van der Waals surface area contributed by atoms with Crippen LogP contribution < -0.4 is 62.2 Å². The zero-order chi connectivity index (χ0) is 10.2. The maximum atomic E-state index is 10.8. The van der Waals surface area contributed by atoms with Crippen LogP contribution in [0.5, 0.6) is 5.75 Å². The molecule has 0 aliphatic heterocycles. The van der Waals surface area contributed by atoms with Crippen LogP contribution in [0.15, 0.2) is 17.0 Å². The molecule has 0 spiro atoms. The average Bonchev–Trinajstić information content (AvgIpc) is 1.94. The van der Waals surface area contributed by atoms with Crippen LogP contribution in [-0.4, -0.2) is 13.0 Å². The molecule has 0 amide bonds. The molecule has 0 aromatic heterocycles. The Kier molecular flexibility index (Phi) is 5.37. The minimum absolute atomic E-state index is 0. The summed E-state index contributed by atoms with van der Waals surface area (Å²) in [5.41, 5.74) is 5.03. The van der Waals surface area contributed by atoms with Gasteiger partial charge in [0.15, 0.2) is 0 Å². The molecular formula is C6H5ClKNO4S. The van der Waals surface area contributed by atoms with Crippen LogP contribution in [0.3, 0.4) is 0 Å². The SMILES string of the molecule is Nc1cc([O-])cc(S(=O)(=O)O)c1Cl.[K+]. The summed E-state index contributed by atoms with van der Waals surface area (Å²) >= 11 is 5.45. The molecular weight excluding hydrogens is 257 g/mol. The van der Waals surface area contributed by atoms with Gasteiger partial charge in [0.2, 0.25) is 0 Å². The summed E-state index contributed by atoms with van der Waals surface area (Å²) < 4.78 is 29.9. The molecule has 1 aromatic rings. The number of nitrogens with two attached hydrogens (primary N) is 1. The van der Waals surface area contributed by atoms with Crippen LogP contribution in [-0.2, 0) is 10.1 Å². The molecule has 0 saturated heterocycles. The van der Waals surface area contributed by atoms with Crippen molar-refractivity contribution in [3.05, 3.63) is 17.2 Å². The van der Waals surface area contributed by atoms with Gasteiger partial charge in [-0.15, -0.1) is 5.75 Å². The number of nitrogen functional groups attached to an aromatic ring is 1. The van der Waals surface area contributed by atoms with Crippen molar-refractivity contribution in [2.75, 3.05) is 5.73 Å². The van der Waals surface area contributed by atoms with E-state index >= 15 is 0 Å². The van der Waals surface area contributed by atoms with Crippen LogP contribution in [0.2, 0.25) is 5.02 Å². The molecule has 1 rings (SSSR count). The van der Waals surface area contributed by atoms with E-state index in [9.17, 15) is 13.5 Å². The Morgan fingerprint density at radius 1 is 1.43 bits per heavy atom. The van der Waals surface area contributed by atoms with Crippen LogP contribution in [0.1, 0.15) is 0 Å². The average molecular weight is 262 g/mol. The molecule has 0 aliphatic carbocycles. The Bertz CT molecular complexity index is 447. The van der Waals surface area contributed by atoms with Gasteiger partial charge in [0.1, 0.15) is 4.90 Å². The van der Waals surface area contributed by atoms with E-state index in [1.165, 1.54) is 0 Å². The summed E-state index contributed by atoms with van der Waals surface area (Å²) in [6, 6.07) is 1.67. The molecule has 14 heavy (non-hydrogen) atoms. The normalized spacial score (nSPS) is 10.7. The van der Waals surface area contributed by atoms with Crippen LogP contribution >= 0.6 is 11.6 Å². The van der Waals surface area contributed by atoms with Crippen molar-refractivity contribution in [2.24, 2.45) is 0 Å². The van der Waals surface area contributed by atoms with Gasteiger partial charge >= 0.3 is 51.4 Å². The molecule has 0 atom stereocenters. The van der Waals surface area contributed by atoms with Gasteiger partial charge in [-0.25, -0.2) is 0 Å². The first kappa shape index (κ1) is 14.7. The van der Waals surface area contributed by atoms with Crippen molar-refractivity contribution in [2.45, 2.75) is 4.90 Å². The minimum Gasteiger partial charge on any atom is -0.872 e. The summed E-state index contributed by atoms with van der Waals surface area (Å²) in [4.78, 5) is -0.667. The van der Waals surface area contributed by atoms with Gasteiger partial charge in [0.25, 0.3) is 10.1 Å². The monoisotopic (exact) mass is 261 g/mol. The fourth-order valence-corrected chi connectivity index (χ4v) is 1.79. The van der Waals surface area contributed by atoms with Crippen molar-refractivity contribution in [3.63, 3.8) is 0 Å². The Morgan fingerprint density at radius 3 is 2.36 bits per heavy atom. The van der Waals surface area contributed by atoms with E-state index in [-0.39, 0.29) is 62.1 Å². The molecule has 72 valence electrons. The van der Waals surface area contributed by atoms with Gasteiger partial charge in [-0.2, -0.15) is 8.42 Å². The number of hydrogen-bond donors (Lipinski definition) is 2. The Morgan fingerprint density at radius 2 is 1.93 bits per heavy atom. The Hall–Kier alpha value is 0.656. The Balaban J connectivity index is 0.00000169. The molecule has 0 saturated carbocycles. The van der Waals surface area contributed by atoms with Gasteiger partial charge in [0, 0.05) is 0 Å². The first-order chi connectivity index (χ1) is 5.82. The molecule has 5 nitrogen and oxygen atoms in total. The number of hydrogen-bond acceptors (Lipinski definition) is 4. The quantitative estimate of drug-likeness (QED) is 0.324. The van der Waals surface area contributed by atoms with Gasteiger partial charge in [-0.05, 0) is 12.1 Å².